The average Bonchev–Trinajstić information content (AvgIpc) is 3.01. The second kappa shape index (κ2) is 6.34. The molecule has 3 nitrogen and oxygen atoms in total. The molecule has 4 heteroatoms. The zero-order valence-corrected chi connectivity index (χ0v) is 11.9. The molecule has 1 saturated carbocycles. The second-order valence-corrected chi connectivity index (χ2v) is 6.09. The van der Waals surface area contributed by atoms with Crippen LogP contribution in [0.5, 0.6) is 0 Å². The van der Waals surface area contributed by atoms with Gasteiger partial charge in [0.25, 0.3) is 0 Å². The van der Waals surface area contributed by atoms with Crippen molar-refractivity contribution in [3.63, 3.8) is 0 Å². The van der Waals surface area contributed by atoms with Gasteiger partial charge in [0.2, 0.25) is 5.91 Å². The third-order valence-electron chi connectivity index (χ3n) is 3.56. The summed E-state index contributed by atoms with van der Waals surface area (Å²) in [6.07, 6.45) is 4.77. The first-order chi connectivity index (χ1) is 8.66. The lowest BCUT2D eigenvalue weighted by atomic mass is 10.2. The Labute approximate surface area is 113 Å². The molecule has 0 spiro atoms. The first-order valence-corrected chi connectivity index (χ1v) is 7.64. The fraction of sp³-hybridized carbons (Fsp3) is 0.643. The minimum Gasteiger partial charge on any atom is -0.352 e. The van der Waals surface area contributed by atoms with Crippen molar-refractivity contribution in [2.45, 2.75) is 57.7 Å². The molecule has 18 heavy (non-hydrogen) atoms. The maximum Gasteiger partial charge on any atom is 0.237 e. The summed E-state index contributed by atoms with van der Waals surface area (Å²) >= 11 is 1.72. The average molecular weight is 266 g/mol. The van der Waals surface area contributed by atoms with E-state index in [4.69, 9.17) is 0 Å². The molecule has 0 aromatic carbocycles. The van der Waals surface area contributed by atoms with Gasteiger partial charge in [-0.05, 0) is 38.1 Å². The monoisotopic (exact) mass is 266 g/mol. The quantitative estimate of drug-likeness (QED) is 0.860. The predicted molar refractivity (Wildman–Crippen MR) is 75.7 cm³/mol. The molecule has 1 amide bonds. The highest BCUT2D eigenvalue weighted by molar-refractivity contribution is 7.10. The Bertz CT molecular complexity index is 371. The third-order valence-corrected chi connectivity index (χ3v) is 4.62. The number of carbonyl (C=O) groups excluding carboxylic acids is 1. The third kappa shape index (κ3) is 3.56. The fourth-order valence-corrected chi connectivity index (χ4v) is 3.21. The summed E-state index contributed by atoms with van der Waals surface area (Å²) in [7, 11) is 0. The largest absolute Gasteiger partial charge is 0.352 e. The summed E-state index contributed by atoms with van der Waals surface area (Å²) in [6.45, 7) is 4.04. The second-order valence-electron chi connectivity index (χ2n) is 5.12. The van der Waals surface area contributed by atoms with Gasteiger partial charge in [-0.3, -0.25) is 10.1 Å². The summed E-state index contributed by atoms with van der Waals surface area (Å²) in [6, 6.07) is 4.64. The molecule has 1 aromatic rings. The Kier molecular flexibility index (Phi) is 4.78. The van der Waals surface area contributed by atoms with E-state index in [-0.39, 0.29) is 18.0 Å². The van der Waals surface area contributed by atoms with Gasteiger partial charge in [0.1, 0.15) is 0 Å². The first-order valence-electron chi connectivity index (χ1n) is 6.76. The lowest BCUT2D eigenvalue weighted by Gasteiger charge is -2.21. The Balaban J connectivity index is 1.79. The predicted octanol–water partition coefficient (Wildman–Crippen LogP) is 2.85. The summed E-state index contributed by atoms with van der Waals surface area (Å²) in [5, 5.41) is 8.55. The van der Waals surface area contributed by atoms with Crippen molar-refractivity contribution in [1.82, 2.24) is 10.6 Å². The van der Waals surface area contributed by atoms with Crippen molar-refractivity contribution in [3.05, 3.63) is 22.4 Å². The van der Waals surface area contributed by atoms with Crippen LogP contribution in [0.25, 0.3) is 0 Å². The van der Waals surface area contributed by atoms with E-state index >= 15 is 0 Å². The van der Waals surface area contributed by atoms with Gasteiger partial charge in [0, 0.05) is 17.0 Å². The smallest absolute Gasteiger partial charge is 0.237 e. The summed E-state index contributed by atoms with van der Waals surface area (Å²) in [5.74, 6) is 0.130. The Morgan fingerprint density at radius 1 is 1.39 bits per heavy atom. The van der Waals surface area contributed by atoms with Crippen molar-refractivity contribution in [2.75, 3.05) is 0 Å². The minimum absolute atomic E-state index is 0.130. The number of carbonyl (C=O) groups is 1. The van der Waals surface area contributed by atoms with E-state index in [1.54, 1.807) is 11.3 Å². The fourth-order valence-electron chi connectivity index (χ4n) is 2.47. The first kappa shape index (κ1) is 13.6. The molecule has 1 fully saturated rings. The molecular formula is C14H22N2OS. The van der Waals surface area contributed by atoms with Gasteiger partial charge < -0.3 is 5.32 Å². The van der Waals surface area contributed by atoms with E-state index in [2.05, 4.69) is 29.0 Å². The molecule has 2 rings (SSSR count). The number of amides is 1. The number of hydrogen-bond donors (Lipinski definition) is 2. The van der Waals surface area contributed by atoms with Crippen LogP contribution in [0.1, 0.15) is 50.4 Å². The van der Waals surface area contributed by atoms with Crippen molar-refractivity contribution in [1.29, 1.82) is 0 Å². The summed E-state index contributed by atoms with van der Waals surface area (Å²) in [5.41, 5.74) is 0. The Morgan fingerprint density at radius 3 is 2.72 bits per heavy atom. The van der Waals surface area contributed by atoms with Crippen LogP contribution in [0.3, 0.4) is 0 Å². The number of hydrogen-bond acceptors (Lipinski definition) is 3. The lowest BCUT2D eigenvalue weighted by molar-refractivity contribution is -0.123. The minimum atomic E-state index is -0.136. The molecule has 2 unspecified atom stereocenters. The van der Waals surface area contributed by atoms with Crippen LogP contribution in [-0.2, 0) is 4.79 Å². The van der Waals surface area contributed by atoms with Crippen molar-refractivity contribution in [2.24, 2.45) is 0 Å². The zero-order chi connectivity index (χ0) is 13.0. The van der Waals surface area contributed by atoms with Crippen LogP contribution in [0.4, 0.5) is 0 Å². The topological polar surface area (TPSA) is 41.1 Å². The molecule has 1 aliphatic rings. The molecule has 2 atom stereocenters. The molecule has 0 radical (unpaired) electrons. The molecule has 0 aliphatic heterocycles. The van der Waals surface area contributed by atoms with Gasteiger partial charge in [-0.25, -0.2) is 0 Å². The van der Waals surface area contributed by atoms with Crippen LogP contribution >= 0.6 is 11.3 Å². The molecule has 0 bridgehead atoms. The normalized spacial score (nSPS) is 19.7. The summed E-state index contributed by atoms with van der Waals surface area (Å²) < 4.78 is 0. The van der Waals surface area contributed by atoms with Gasteiger partial charge in [-0.2, -0.15) is 0 Å². The maximum atomic E-state index is 12.0. The van der Waals surface area contributed by atoms with Crippen molar-refractivity contribution in [3.8, 4) is 0 Å². The van der Waals surface area contributed by atoms with Crippen LogP contribution in [-0.4, -0.2) is 18.0 Å². The molecule has 2 N–H and O–H groups in total. The molecular weight excluding hydrogens is 244 g/mol. The van der Waals surface area contributed by atoms with E-state index in [9.17, 15) is 4.79 Å². The van der Waals surface area contributed by atoms with Crippen molar-refractivity contribution < 1.29 is 4.79 Å². The van der Waals surface area contributed by atoms with E-state index in [0.717, 1.165) is 12.8 Å². The lowest BCUT2D eigenvalue weighted by Crippen LogP contribution is -2.46. The summed E-state index contributed by atoms with van der Waals surface area (Å²) in [4.78, 5) is 13.3. The number of nitrogens with one attached hydrogen (secondary N) is 2. The van der Waals surface area contributed by atoms with Crippen LogP contribution < -0.4 is 10.6 Å². The van der Waals surface area contributed by atoms with Gasteiger partial charge >= 0.3 is 0 Å². The standard InChI is InChI=1S/C14H22N2OS/c1-10(13-8-5-9-18-13)15-11(2)14(17)16-12-6-3-4-7-12/h5,8-12,15H,3-4,6-7H2,1-2H3,(H,16,17). The van der Waals surface area contributed by atoms with Gasteiger partial charge in [-0.15, -0.1) is 11.3 Å². The molecule has 1 heterocycles. The maximum absolute atomic E-state index is 12.0. The van der Waals surface area contributed by atoms with Gasteiger partial charge in [-0.1, -0.05) is 18.9 Å². The van der Waals surface area contributed by atoms with Crippen LogP contribution in [0.2, 0.25) is 0 Å². The zero-order valence-electron chi connectivity index (χ0n) is 11.1. The SMILES string of the molecule is CC(NC(C)c1cccs1)C(=O)NC1CCCC1. The molecule has 1 aromatic heterocycles. The molecule has 1 aliphatic carbocycles. The van der Waals surface area contributed by atoms with Gasteiger partial charge in [0.05, 0.1) is 6.04 Å². The molecule has 0 saturated heterocycles. The molecule has 100 valence electrons. The Morgan fingerprint density at radius 2 is 2.11 bits per heavy atom. The van der Waals surface area contributed by atoms with E-state index in [1.807, 2.05) is 13.0 Å². The number of thiophene rings is 1. The van der Waals surface area contributed by atoms with Gasteiger partial charge in [0.15, 0.2) is 0 Å². The van der Waals surface area contributed by atoms with E-state index in [0.29, 0.717) is 6.04 Å². The van der Waals surface area contributed by atoms with Crippen LogP contribution in [0.15, 0.2) is 17.5 Å². The highest BCUT2D eigenvalue weighted by Gasteiger charge is 2.21. The van der Waals surface area contributed by atoms with Crippen molar-refractivity contribution >= 4 is 17.2 Å². The highest BCUT2D eigenvalue weighted by atomic mass is 32.1. The number of rotatable bonds is 5. The highest BCUT2D eigenvalue weighted by Crippen LogP contribution is 2.19. The van der Waals surface area contributed by atoms with Crippen LogP contribution in [0, 0.1) is 0 Å². The van der Waals surface area contributed by atoms with E-state index in [1.165, 1.54) is 17.7 Å². The van der Waals surface area contributed by atoms with E-state index < -0.39 is 0 Å². The Hall–Kier alpha value is -0.870.